The van der Waals surface area contributed by atoms with E-state index < -0.39 is 0 Å². The van der Waals surface area contributed by atoms with Crippen LogP contribution in [0.5, 0.6) is 11.5 Å². The summed E-state index contributed by atoms with van der Waals surface area (Å²) in [5.74, 6) is 1.34. The molecule has 0 heterocycles. The van der Waals surface area contributed by atoms with E-state index in [2.05, 4.69) is 15.9 Å². The van der Waals surface area contributed by atoms with Gasteiger partial charge in [-0.25, -0.2) is 0 Å². The maximum Gasteiger partial charge on any atom is 0.176 e. The zero-order valence-electron chi connectivity index (χ0n) is 10.3. The SMILES string of the molecule is CCOc1cc(OCC)cc(C(=O)C(C)Br)c1. The van der Waals surface area contributed by atoms with Crippen LogP contribution in [0.15, 0.2) is 18.2 Å². The number of carbonyl (C=O) groups is 1. The van der Waals surface area contributed by atoms with Crippen LogP contribution < -0.4 is 9.47 Å². The van der Waals surface area contributed by atoms with Crippen LogP contribution >= 0.6 is 15.9 Å². The minimum Gasteiger partial charge on any atom is -0.494 e. The van der Waals surface area contributed by atoms with Crippen molar-refractivity contribution in [2.45, 2.75) is 25.6 Å². The molecule has 0 N–H and O–H groups in total. The number of hydrogen-bond acceptors (Lipinski definition) is 3. The summed E-state index contributed by atoms with van der Waals surface area (Å²) in [6, 6.07) is 5.28. The first kappa shape index (κ1) is 14.0. The van der Waals surface area contributed by atoms with Crippen LogP contribution in [0.4, 0.5) is 0 Å². The Balaban J connectivity index is 3.06. The van der Waals surface area contributed by atoms with Gasteiger partial charge >= 0.3 is 0 Å². The van der Waals surface area contributed by atoms with Crippen LogP contribution in [-0.4, -0.2) is 23.8 Å². The summed E-state index contributed by atoms with van der Waals surface area (Å²) >= 11 is 3.27. The molecule has 1 unspecified atom stereocenters. The van der Waals surface area contributed by atoms with Gasteiger partial charge in [-0.2, -0.15) is 0 Å². The fourth-order valence-electron chi connectivity index (χ4n) is 1.44. The molecule has 1 rings (SSSR count). The lowest BCUT2D eigenvalue weighted by atomic mass is 10.1. The van der Waals surface area contributed by atoms with Gasteiger partial charge in [0.15, 0.2) is 5.78 Å². The molecule has 0 aliphatic carbocycles. The molecule has 3 nitrogen and oxygen atoms in total. The fourth-order valence-corrected chi connectivity index (χ4v) is 1.71. The highest BCUT2D eigenvalue weighted by atomic mass is 79.9. The van der Waals surface area contributed by atoms with Gasteiger partial charge in [-0.1, -0.05) is 15.9 Å². The molecule has 1 atom stereocenters. The molecule has 94 valence electrons. The van der Waals surface area contributed by atoms with Crippen molar-refractivity contribution < 1.29 is 14.3 Å². The largest absolute Gasteiger partial charge is 0.494 e. The van der Waals surface area contributed by atoms with Gasteiger partial charge in [-0.3, -0.25) is 4.79 Å². The van der Waals surface area contributed by atoms with Crippen molar-refractivity contribution in [2.24, 2.45) is 0 Å². The van der Waals surface area contributed by atoms with E-state index in [0.29, 0.717) is 30.3 Å². The minimum absolute atomic E-state index is 0.0208. The highest BCUT2D eigenvalue weighted by Gasteiger charge is 2.14. The van der Waals surface area contributed by atoms with Crippen molar-refractivity contribution in [1.29, 1.82) is 0 Å². The smallest absolute Gasteiger partial charge is 0.176 e. The molecule has 0 aliphatic rings. The number of halogens is 1. The highest BCUT2D eigenvalue weighted by Crippen LogP contribution is 2.25. The third kappa shape index (κ3) is 4.04. The molecule has 0 amide bonds. The number of rotatable bonds is 6. The normalized spacial score (nSPS) is 12.0. The van der Waals surface area contributed by atoms with Gasteiger partial charge in [0.1, 0.15) is 11.5 Å². The molecule has 4 heteroatoms. The molecule has 1 aromatic rings. The van der Waals surface area contributed by atoms with E-state index >= 15 is 0 Å². The zero-order chi connectivity index (χ0) is 12.8. The Morgan fingerprint density at radius 2 is 1.65 bits per heavy atom. The number of hydrogen-bond donors (Lipinski definition) is 0. The number of ketones is 1. The average molecular weight is 301 g/mol. The minimum atomic E-state index is -0.214. The Labute approximate surface area is 110 Å². The van der Waals surface area contributed by atoms with Crippen molar-refractivity contribution in [3.8, 4) is 11.5 Å². The third-order valence-corrected chi connectivity index (χ3v) is 2.56. The monoisotopic (exact) mass is 300 g/mol. The Morgan fingerprint density at radius 1 is 1.18 bits per heavy atom. The van der Waals surface area contributed by atoms with E-state index in [1.807, 2.05) is 13.8 Å². The Hall–Kier alpha value is -1.03. The highest BCUT2D eigenvalue weighted by molar-refractivity contribution is 9.10. The Bertz CT molecular complexity index is 364. The summed E-state index contributed by atoms with van der Waals surface area (Å²) in [6.07, 6.45) is 0. The van der Waals surface area contributed by atoms with Crippen molar-refractivity contribution in [3.63, 3.8) is 0 Å². The van der Waals surface area contributed by atoms with Crippen molar-refractivity contribution in [3.05, 3.63) is 23.8 Å². The van der Waals surface area contributed by atoms with Gasteiger partial charge in [0.2, 0.25) is 0 Å². The molecule has 0 aliphatic heterocycles. The average Bonchev–Trinajstić information content (AvgIpc) is 2.28. The van der Waals surface area contributed by atoms with Gasteiger partial charge in [-0.15, -0.1) is 0 Å². The number of ether oxygens (including phenoxy) is 2. The van der Waals surface area contributed by atoms with E-state index in [1.54, 1.807) is 25.1 Å². The number of benzene rings is 1. The second-order valence-corrected chi connectivity index (χ2v) is 4.91. The Morgan fingerprint density at radius 3 is 2.00 bits per heavy atom. The van der Waals surface area contributed by atoms with Gasteiger partial charge in [-0.05, 0) is 32.9 Å². The van der Waals surface area contributed by atoms with Gasteiger partial charge in [0, 0.05) is 11.6 Å². The molecule has 0 aromatic heterocycles. The molecule has 0 fully saturated rings. The molecular weight excluding hydrogens is 284 g/mol. The van der Waals surface area contributed by atoms with Gasteiger partial charge in [0.25, 0.3) is 0 Å². The second kappa shape index (κ2) is 6.64. The number of carbonyl (C=O) groups excluding carboxylic acids is 1. The predicted octanol–water partition coefficient (Wildman–Crippen LogP) is 3.45. The molecular formula is C13H17BrO3. The van der Waals surface area contributed by atoms with E-state index in [0.717, 1.165) is 0 Å². The molecule has 0 radical (unpaired) electrons. The van der Waals surface area contributed by atoms with Gasteiger partial charge < -0.3 is 9.47 Å². The summed E-state index contributed by atoms with van der Waals surface area (Å²) in [6.45, 7) is 6.74. The van der Waals surface area contributed by atoms with Crippen LogP contribution in [0, 0.1) is 0 Å². The van der Waals surface area contributed by atoms with Crippen LogP contribution in [0.1, 0.15) is 31.1 Å². The third-order valence-electron chi connectivity index (χ3n) is 2.15. The van der Waals surface area contributed by atoms with Crippen LogP contribution in [0.3, 0.4) is 0 Å². The quantitative estimate of drug-likeness (QED) is 0.596. The summed E-state index contributed by atoms with van der Waals surface area (Å²) in [5, 5.41) is 0. The first-order valence-corrected chi connectivity index (χ1v) is 6.59. The second-order valence-electron chi connectivity index (χ2n) is 3.54. The van der Waals surface area contributed by atoms with Crippen molar-refractivity contribution in [2.75, 3.05) is 13.2 Å². The maximum atomic E-state index is 11.9. The summed E-state index contributed by atoms with van der Waals surface area (Å²) in [4.78, 5) is 11.7. The molecule has 0 saturated heterocycles. The molecule has 1 aromatic carbocycles. The molecule has 0 saturated carbocycles. The topological polar surface area (TPSA) is 35.5 Å². The first-order valence-electron chi connectivity index (χ1n) is 5.67. The standard InChI is InChI=1S/C13H17BrO3/c1-4-16-11-6-10(13(15)9(3)14)7-12(8-11)17-5-2/h6-9H,4-5H2,1-3H3. The molecule has 0 bridgehead atoms. The first-order chi connectivity index (χ1) is 8.08. The summed E-state index contributed by atoms with van der Waals surface area (Å²) < 4.78 is 10.8. The van der Waals surface area contributed by atoms with Gasteiger partial charge in [0.05, 0.1) is 18.0 Å². The predicted molar refractivity (Wildman–Crippen MR) is 71.5 cm³/mol. The van der Waals surface area contributed by atoms with E-state index in [4.69, 9.17) is 9.47 Å². The van der Waals surface area contributed by atoms with Crippen LogP contribution in [-0.2, 0) is 0 Å². The summed E-state index contributed by atoms with van der Waals surface area (Å²) in [5.41, 5.74) is 0.601. The number of alkyl halides is 1. The lowest BCUT2D eigenvalue weighted by molar-refractivity contribution is 0.0995. The van der Waals surface area contributed by atoms with E-state index in [1.165, 1.54) is 0 Å². The van der Waals surface area contributed by atoms with E-state index in [-0.39, 0.29) is 10.6 Å². The maximum absolute atomic E-state index is 11.9. The molecule has 0 spiro atoms. The van der Waals surface area contributed by atoms with Crippen LogP contribution in [0.2, 0.25) is 0 Å². The number of Topliss-reactive ketones (excluding diaryl/α,β-unsaturated/α-hetero) is 1. The van der Waals surface area contributed by atoms with Crippen molar-refractivity contribution >= 4 is 21.7 Å². The van der Waals surface area contributed by atoms with Crippen LogP contribution in [0.25, 0.3) is 0 Å². The lowest BCUT2D eigenvalue weighted by Crippen LogP contribution is -2.10. The lowest BCUT2D eigenvalue weighted by Gasteiger charge is -2.11. The fraction of sp³-hybridized carbons (Fsp3) is 0.462. The zero-order valence-corrected chi connectivity index (χ0v) is 11.9. The van der Waals surface area contributed by atoms with Crippen molar-refractivity contribution in [1.82, 2.24) is 0 Å². The van der Waals surface area contributed by atoms with E-state index in [9.17, 15) is 4.79 Å². The molecule has 17 heavy (non-hydrogen) atoms. The Kier molecular flexibility index (Phi) is 5.48. The summed E-state index contributed by atoms with van der Waals surface area (Å²) in [7, 11) is 0.